The van der Waals surface area contributed by atoms with Crippen LogP contribution in [0.15, 0.2) is 40.8 Å². The molecule has 1 aromatic rings. The maximum absolute atomic E-state index is 13.2. The summed E-state index contributed by atoms with van der Waals surface area (Å²) < 4.78 is 13.2. The van der Waals surface area contributed by atoms with Crippen LogP contribution in [0, 0.1) is 5.82 Å². The van der Waals surface area contributed by atoms with Crippen LogP contribution < -0.4 is 5.32 Å². The Labute approximate surface area is 109 Å². The zero-order chi connectivity index (χ0) is 12.7. The molecule has 0 aliphatic heterocycles. The third kappa shape index (κ3) is 5.75. The average molecular weight is 274 g/mol. The Kier molecular flexibility index (Phi) is 6.08. The Hall–Kier alpha value is -1.00. The summed E-state index contributed by atoms with van der Waals surface area (Å²) in [6, 6.07) is 6.50. The van der Waals surface area contributed by atoms with Crippen LogP contribution in [-0.4, -0.2) is 18.2 Å². The second-order valence-corrected chi connectivity index (χ2v) is 4.99. The molecule has 1 rings (SSSR count). The van der Waals surface area contributed by atoms with Crippen LogP contribution in [0.5, 0.6) is 0 Å². The van der Waals surface area contributed by atoms with Gasteiger partial charge in [-0.1, -0.05) is 30.3 Å². The van der Waals surface area contributed by atoms with Crippen molar-refractivity contribution in [1.29, 1.82) is 0 Å². The Balaban J connectivity index is 2.26. The lowest BCUT2D eigenvalue weighted by Gasteiger charge is -2.04. The van der Waals surface area contributed by atoms with Gasteiger partial charge in [0.2, 0.25) is 5.91 Å². The zero-order valence-electron chi connectivity index (χ0n) is 9.21. The zero-order valence-corrected chi connectivity index (χ0v) is 10.8. The summed E-state index contributed by atoms with van der Waals surface area (Å²) >= 11 is 6.83. The quantitative estimate of drug-likeness (QED) is 0.807. The summed E-state index contributed by atoms with van der Waals surface area (Å²) in [5.74, 6) is 0.157. The van der Waals surface area contributed by atoms with E-state index < -0.39 is 0 Å². The number of benzene rings is 1. The van der Waals surface area contributed by atoms with Gasteiger partial charge in [-0.25, -0.2) is 4.39 Å². The van der Waals surface area contributed by atoms with E-state index in [0.29, 0.717) is 22.1 Å². The molecule has 0 heterocycles. The maximum atomic E-state index is 13.2. The predicted octanol–water partition coefficient (Wildman–Crippen LogP) is 3.18. The number of thioether (sulfide) groups is 1. The third-order valence-electron chi connectivity index (χ3n) is 1.90. The second kappa shape index (κ2) is 7.35. The first kappa shape index (κ1) is 14.1. The number of hydrogen-bond donors (Lipinski definition) is 1. The van der Waals surface area contributed by atoms with E-state index in [0.717, 1.165) is 0 Å². The molecule has 0 aliphatic rings. The van der Waals surface area contributed by atoms with Gasteiger partial charge in [0, 0.05) is 22.1 Å². The van der Waals surface area contributed by atoms with Gasteiger partial charge in [0.15, 0.2) is 0 Å². The van der Waals surface area contributed by atoms with Crippen LogP contribution in [0.25, 0.3) is 0 Å². The highest BCUT2D eigenvalue weighted by Crippen LogP contribution is 2.21. The van der Waals surface area contributed by atoms with Crippen LogP contribution in [0.2, 0.25) is 0 Å². The normalized spacial score (nSPS) is 10.0. The molecule has 0 saturated carbocycles. The highest BCUT2D eigenvalue weighted by molar-refractivity contribution is 7.99. The van der Waals surface area contributed by atoms with E-state index in [1.807, 2.05) is 0 Å². The van der Waals surface area contributed by atoms with Crippen molar-refractivity contribution in [2.24, 2.45) is 0 Å². The summed E-state index contributed by atoms with van der Waals surface area (Å²) in [6.45, 7) is 3.73. The number of halogens is 2. The number of nitrogens with one attached hydrogen (secondary N) is 1. The van der Waals surface area contributed by atoms with Gasteiger partial charge in [-0.15, -0.1) is 11.8 Å². The first-order valence-corrected chi connectivity index (χ1v) is 6.43. The summed E-state index contributed by atoms with van der Waals surface area (Å²) in [5.41, 5.74) is 0. The molecule has 92 valence electrons. The molecule has 0 saturated heterocycles. The van der Waals surface area contributed by atoms with Gasteiger partial charge >= 0.3 is 0 Å². The molecule has 1 aromatic carbocycles. The lowest BCUT2D eigenvalue weighted by atomic mass is 10.3. The predicted molar refractivity (Wildman–Crippen MR) is 69.7 cm³/mol. The van der Waals surface area contributed by atoms with E-state index in [1.54, 1.807) is 18.2 Å². The van der Waals surface area contributed by atoms with Crippen LogP contribution in [-0.2, 0) is 4.79 Å². The van der Waals surface area contributed by atoms with Gasteiger partial charge in [-0.05, 0) is 12.1 Å². The van der Waals surface area contributed by atoms with E-state index in [-0.39, 0.29) is 18.3 Å². The van der Waals surface area contributed by atoms with Gasteiger partial charge in [0.25, 0.3) is 0 Å². The SMILES string of the molecule is C=C(Cl)CNC(=O)CCSc1ccccc1F. The number of hydrogen-bond acceptors (Lipinski definition) is 2. The van der Waals surface area contributed by atoms with Gasteiger partial charge < -0.3 is 5.32 Å². The number of amides is 1. The summed E-state index contributed by atoms with van der Waals surface area (Å²) in [5, 5.41) is 2.99. The fourth-order valence-electron chi connectivity index (χ4n) is 1.10. The number of rotatable bonds is 6. The lowest BCUT2D eigenvalue weighted by Crippen LogP contribution is -2.24. The molecule has 0 fully saturated rings. The molecule has 0 aromatic heterocycles. The molecule has 0 bridgehead atoms. The van der Waals surface area contributed by atoms with Crippen molar-refractivity contribution in [3.05, 3.63) is 41.7 Å². The molecular formula is C12H13ClFNOS. The standard InChI is InChI=1S/C12H13ClFNOS/c1-9(13)8-15-12(16)6-7-17-11-5-3-2-4-10(11)14/h2-5H,1,6-8H2,(H,15,16). The Bertz CT molecular complexity index is 411. The van der Waals surface area contributed by atoms with E-state index in [1.165, 1.54) is 17.8 Å². The number of carbonyl (C=O) groups excluding carboxylic acids is 1. The monoisotopic (exact) mass is 273 g/mol. The van der Waals surface area contributed by atoms with Crippen molar-refractivity contribution in [3.63, 3.8) is 0 Å². The summed E-state index contributed by atoms with van der Waals surface area (Å²) in [6.07, 6.45) is 0.323. The molecule has 1 N–H and O–H groups in total. The largest absolute Gasteiger partial charge is 0.351 e. The van der Waals surface area contributed by atoms with Crippen molar-refractivity contribution in [2.45, 2.75) is 11.3 Å². The van der Waals surface area contributed by atoms with E-state index in [9.17, 15) is 9.18 Å². The highest BCUT2D eigenvalue weighted by Gasteiger charge is 2.04. The molecular weight excluding hydrogens is 261 g/mol. The third-order valence-corrected chi connectivity index (χ3v) is 3.08. The Morgan fingerprint density at radius 2 is 2.18 bits per heavy atom. The maximum Gasteiger partial charge on any atom is 0.221 e. The highest BCUT2D eigenvalue weighted by atomic mass is 35.5. The molecule has 0 unspecified atom stereocenters. The minimum Gasteiger partial charge on any atom is -0.351 e. The molecule has 1 amide bonds. The van der Waals surface area contributed by atoms with Crippen molar-refractivity contribution in [3.8, 4) is 0 Å². The fourth-order valence-corrected chi connectivity index (χ4v) is 2.05. The number of carbonyl (C=O) groups is 1. The van der Waals surface area contributed by atoms with Crippen molar-refractivity contribution in [2.75, 3.05) is 12.3 Å². The van der Waals surface area contributed by atoms with Crippen molar-refractivity contribution in [1.82, 2.24) is 5.32 Å². The van der Waals surface area contributed by atoms with E-state index >= 15 is 0 Å². The second-order valence-electron chi connectivity index (χ2n) is 3.32. The summed E-state index contributed by atoms with van der Waals surface area (Å²) in [4.78, 5) is 11.9. The minimum absolute atomic E-state index is 0.115. The molecule has 0 radical (unpaired) electrons. The van der Waals surface area contributed by atoms with Crippen LogP contribution in [0.4, 0.5) is 4.39 Å². The molecule has 17 heavy (non-hydrogen) atoms. The molecule has 0 spiro atoms. The van der Waals surface area contributed by atoms with Crippen LogP contribution in [0.3, 0.4) is 0 Å². The van der Waals surface area contributed by atoms with Crippen LogP contribution >= 0.6 is 23.4 Å². The van der Waals surface area contributed by atoms with Crippen molar-refractivity contribution < 1.29 is 9.18 Å². The van der Waals surface area contributed by atoms with Gasteiger partial charge in [-0.2, -0.15) is 0 Å². The van der Waals surface area contributed by atoms with Gasteiger partial charge in [-0.3, -0.25) is 4.79 Å². The lowest BCUT2D eigenvalue weighted by molar-refractivity contribution is -0.120. The van der Waals surface area contributed by atoms with Gasteiger partial charge in [0.1, 0.15) is 5.82 Å². The summed E-state index contributed by atoms with van der Waals surface area (Å²) in [7, 11) is 0. The average Bonchev–Trinajstić information content (AvgIpc) is 2.29. The van der Waals surface area contributed by atoms with Crippen LogP contribution in [0.1, 0.15) is 6.42 Å². The molecule has 0 atom stereocenters. The van der Waals surface area contributed by atoms with E-state index in [4.69, 9.17) is 11.6 Å². The van der Waals surface area contributed by atoms with Crippen molar-refractivity contribution >= 4 is 29.3 Å². The first-order valence-electron chi connectivity index (χ1n) is 5.07. The molecule has 5 heteroatoms. The Morgan fingerprint density at radius 3 is 2.82 bits per heavy atom. The molecule has 0 aliphatic carbocycles. The van der Waals surface area contributed by atoms with E-state index in [2.05, 4.69) is 11.9 Å². The smallest absolute Gasteiger partial charge is 0.221 e. The Morgan fingerprint density at radius 1 is 1.47 bits per heavy atom. The minimum atomic E-state index is -0.257. The fraction of sp³-hybridized carbons (Fsp3) is 0.250. The topological polar surface area (TPSA) is 29.1 Å². The first-order chi connectivity index (χ1) is 8.09. The molecule has 2 nitrogen and oxygen atoms in total. The van der Waals surface area contributed by atoms with Gasteiger partial charge in [0.05, 0.1) is 6.54 Å².